The summed E-state index contributed by atoms with van der Waals surface area (Å²) in [6.07, 6.45) is 3.20. The van der Waals surface area contributed by atoms with Crippen LogP contribution in [0.5, 0.6) is 0 Å². The molecular weight excluding hydrogens is 586 g/mol. The van der Waals surface area contributed by atoms with E-state index in [-0.39, 0.29) is 44.1 Å². The van der Waals surface area contributed by atoms with Gasteiger partial charge in [-0.05, 0) is 36.8 Å². The molecule has 0 bridgehead atoms. The highest BCUT2D eigenvalue weighted by Gasteiger charge is 2.29. The van der Waals surface area contributed by atoms with Gasteiger partial charge >= 0.3 is 12.1 Å². The van der Waals surface area contributed by atoms with Gasteiger partial charge < -0.3 is 25.4 Å². The number of esters is 1. The van der Waals surface area contributed by atoms with Gasteiger partial charge in [-0.15, -0.1) is 0 Å². The summed E-state index contributed by atoms with van der Waals surface area (Å²) in [6.45, 7) is 5.62. The van der Waals surface area contributed by atoms with E-state index in [0.717, 1.165) is 23.5 Å². The third-order valence-corrected chi connectivity index (χ3v) is 7.30. The second kappa shape index (κ2) is 18.5. The van der Waals surface area contributed by atoms with Crippen LogP contribution in [0, 0.1) is 5.92 Å². The third kappa shape index (κ3) is 14.8. The minimum atomic E-state index is -3.37. The topological polar surface area (TPSA) is 157 Å². The summed E-state index contributed by atoms with van der Waals surface area (Å²) in [7, 11) is -3.37. The molecular formula is C32H43N3O8S. The first-order valence-corrected chi connectivity index (χ1v) is 16.6. The van der Waals surface area contributed by atoms with Gasteiger partial charge in [-0.25, -0.2) is 18.0 Å². The maximum atomic E-state index is 13.6. The lowest BCUT2D eigenvalue weighted by atomic mass is 10.0. The molecule has 11 nitrogen and oxygen atoms in total. The van der Waals surface area contributed by atoms with E-state index in [1.807, 2.05) is 50.2 Å². The molecule has 0 aliphatic rings. The first-order valence-electron chi connectivity index (χ1n) is 14.5. The highest BCUT2D eigenvalue weighted by Crippen LogP contribution is 2.10. The van der Waals surface area contributed by atoms with Crippen LogP contribution in [0.1, 0.15) is 44.7 Å². The highest BCUT2D eigenvalue weighted by molar-refractivity contribution is 7.90. The number of hydrogen-bond donors (Lipinski definition) is 3. The summed E-state index contributed by atoms with van der Waals surface area (Å²) in [5, 5.41) is 8.12. The second-order valence-corrected chi connectivity index (χ2v) is 13.0. The number of carbonyl (C=O) groups is 4. The van der Waals surface area contributed by atoms with Gasteiger partial charge in [-0.2, -0.15) is 0 Å². The van der Waals surface area contributed by atoms with Crippen molar-refractivity contribution in [1.29, 1.82) is 0 Å². The molecule has 3 amide bonds. The van der Waals surface area contributed by atoms with Gasteiger partial charge in [0.1, 0.15) is 28.5 Å². The quantitative estimate of drug-likeness (QED) is 0.178. The molecule has 3 N–H and O–H groups in total. The maximum Gasteiger partial charge on any atom is 0.408 e. The van der Waals surface area contributed by atoms with E-state index in [2.05, 4.69) is 16.0 Å². The van der Waals surface area contributed by atoms with E-state index in [0.29, 0.717) is 0 Å². The molecule has 0 saturated carbocycles. The molecule has 240 valence electrons. The summed E-state index contributed by atoms with van der Waals surface area (Å²) in [5.41, 5.74) is 1.55. The van der Waals surface area contributed by atoms with E-state index in [1.54, 1.807) is 31.2 Å². The lowest BCUT2D eigenvalue weighted by molar-refractivity contribution is -0.137. The van der Waals surface area contributed by atoms with E-state index < -0.39 is 51.8 Å². The van der Waals surface area contributed by atoms with Crippen LogP contribution in [-0.4, -0.2) is 69.0 Å². The van der Waals surface area contributed by atoms with Crippen LogP contribution in [0.15, 0.2) is 72.8 Å². The molecule has 12 heteroatoms. The van der Waals surface area contributed by atoms with Gasteiger partial charge in [0.05, 0.1) is 12.4 Å². The van der Waals surface area contributed by atoms with Crippen LogP contribution < -0.4 is 16.0 Å². The van der Waals surface area contributed by atoms with Gasteiger partial charge in [0.25, 0.3) is 0 Å². The third-order valence-electron chi connectivity index (χ3n) is 6.32. The molecule has 0 radical (unpaired) electrons. The lowest BCUT2D eigenvalue weighted by Gasteiger charge is -2.25. The average molecular weight is 630 g/mol. The molecule has 0 saturated heterocycles. The fraction of sp³-hybridized carbons (Fsp3) is 0.438. The van der Waals surface area contributed by atoms with Crippen molar-refractivity contribution in [3.8, 4) is 0 Å². The monoisotopic (exact) mass is 629 g/mol. The van der Waals surface area contributed by atoms with Crippen molar-refractivity contribution in [2.24, 2.45) is 5.92 Å². The van der Waals surface area contributed by atoms with Gasteiger partial charge in [0, 0.05) is 24.8 Å². The summed E-state index contributed by atoms with van der Waals surface area (Å²) in [4.78, 5) is 51.6. The van der Waals surface area contributed by atoms with Crippen LogP contribution >= 0.6 is 0 Å². The maximum absolute atomic E-state index is 13.6. The standard InChI is InChI=1S/C32H43N3O8S/c1-5-42-29(36)17-16-26(18-19-44(4,40)41)33-30(37)28(21-24-12-8-6-9-13-24)34-31(38)27(20-23(2)3)35-32(39)43-22-25-14-10-7-11-15-25/h6-17,23,26-28H,5,18-22H2,1-4H3,(H,33,37)(H,34,38)(H,35,39)/b17-16+/t26-,27+,28+/m1/s1. The predicted octanol–water partition coefficient (Wildman–Crippen LogP) is 3.09. The number of hydrogen-bond acceptors (Lipinski definition) is 8. The summed E-state index contributed by atoms with van der Waals surface area (Å²) >= 11 is 0. The van der Waals surface area contributed by atoms with Crippen LogP contribution in [0.4, 0.5) is 4.79 Å². The van der Waals surface area contributed by atoms with E-state index >= 15 is 0 Å². The second-order valence-electron chi connectivity index (χ2n) is 10.8. The van der Waals surface area contributed by atoms with E-state index in [9.17, 15) is 27.6 Å². The van der Waals surface area contributed by atoms with Crippen molar-refractivity contribution in [1.82, 2.24) is 16.0 Å². The normalized spacial score (nSPS) is 13.5. The molecule has 0 aromatic heterocycles. The van der Waals surface area contributed by atoms with Crippen LogP contribution in [0.3, 0.4) is 0 Å². The molecule has 3 atom stereocenters. The van der Waals surface area contributed by atoms with Crippen molar-refractivity contribution < 1.29 is 37.1 Å². The number of benzene rings is 2. The van der Waals surface area contributed by atoms with Gasteiger partial charge in [-0.3, -0.25) is 9.59 Å². The molecule has 0 aliphatic heterocycles. The zero-order valence-electron chi connectivity index (χ0n) is 25.7. The zero-order valence-corrected chi connectivity index (χ0v) is 26.5. The van der Waals surface area contributed by atoms with Crippen molar-refractivity contribution in [2.75, 3.05) is 18.6 Å². The number of sulfone groups is 1. The molecule has 2 aromatic rings. The van der Waals surface area contributed by atoms with E-state index in [4.69, 9.17) is 9.47 Å². The Bertz CT molecular complexity index is 1350. The minimum absolute atomic E-state index is 0.00271. The Kier molecular flexibility index (Phi) is 15.1. The van der Waals surface area contributed by atoms with Crippen LogP contribution in [0.25, 0.3) is 0 Å². The molecule has 2 rings (SSSR count). The SMILES string of the molecule is CCOC(=O)/C=C/[C@H](CCS(C)(=O)=O)NC(=O)[C@H](Cc1ccccc1)NC(=O)[C@H](CC(C)C)NC(=O)OCc1ccccc1. The first-order chi connectivity index (χ1) is 20.9. The number of amides is 3. The Labute approximate surface area is 259 Å². The Morgan fingerprint density at radius 3 is 1.98 bits per heavy atom. The van der Waals surface area contributed by atoms with Crippen molar-refractivity contribution in [3.05, 3.63) is 83.9 Å². The summed E-state index contributed by atoms with van der Waals surface area (Å²) in [6, 6.07) is 15.2. The van der Waals surface area contributed by atoms with Crippen molar-refractivity contribution in [3.63, 3.8) is 0 Å². The summed E-state index contributed by atoms with van der Waals surface area (Å²) in [5.74, 6) is -2.03. The Hall–Kier alpha value is -4.19. The number of ether oxygens (including phenoxy) is 2. The molecule has 0 aliphatic carbocycles. The van der Waals surface area contributed by atoms with Gasteiger partial charge in [0.15, 0.2) is 0 Å². The largest absolute Gasteiger partial charge is 0.463 e. The number of nitrogens with one attached hydrogen (secondary N) is 3. The van der Waals surface area contributed by atoms with Gasteiger partial charge in [0.2, 0.25) is 11.8 Å². The van der Waals surface area contributed by atoms with E-state index in [1.165, 1.54) is 6.08 Å². The van der Waals surface area contributed by atoms with Crippen molar-refractivity contribution in [2.45, 2.75) is 64.8 Å². The molecule has 0 heterocycles. The van der Waals surface area contributed by atoms with Crippen molar-refractivity contribution >= 4 is 33.7 Å². The average Bonchev–Trinajstić information content (AvgIpc) is 2.97. The highest BCUT2D eigenvalue weighted by atomic mass is 32.2. The van der Waals surface area contributed by atoms with Crippen LogP contribution in [0.2, 0.25) is 0 Å². The molecule has 2 aromatic carbocycles. The molecule has 0 spiro atoms. The number of carbonyl (C=O) groups excluding carboxylic acids is 4. The first kappa shape index (κ1) is 36.0. The summed E-state index contributed by atoms with van der Waals surface area (Å²) < 4.78 is 33.9. The fourth-order valence-corrected chi connectivity index (χ4v) is 4.85. The predicted molar refractivity (Wildman–Crippen MR) is 167 cm³/mol. The molecule has 0 unspecified atom stereocenters. The molecule has 0 fully saturated rings. The van der Waals surface area contributed by atoms with Gasteiger partial charge in [-0.1, -0.05) is 80.6 Å². The Morgan fingerprint density at radius 1 is 0.818 bits per heavy atom. The minimum Gasteiger partial charge on any atom is -0.463 e. The molecule has 44 heavy (non-hydrogen) atoms. The smallest absolute Gasteiger partial charge is 0.408 e. The number of rotatable bonds is 17. The Balaban J connectivity index is 2.23. The Morgan fingerprint density at radius 2 is 1.41 bits per heavy atom. The zero-order chi connectivity index (χ0) is 32.5. The fourth-order valence-electron chi connectivity index (χ4n) is 4.17. The number of alkyl carbamates (subject to hydrolysis) is 1. The lowest BCUT2D eigenvalue weighted by Crippen LogP contribution is -2.55. The van der Waals surface area contributed by atoms with Crippen LogP contribution in [-0.2, 0) is 46.7 Å².